The summed E-state index contributed by atoms with van der Waals surface area (Å²) in [6.45, 7) is 10.6. The first-order valence-corrected chi connectivity index (χ1v) is 9.66. The molecule has 2 amide bonds. The molecule has 0 aliphatic rings. The van der Waals surface area contributed by atoms with Crippen LogP contribution in [0, 0.1) is 0 Å². The van der Waals surface area contributed by atoms with Crippen molar-refractivity contribution in [1.29, 1.82) is 0 Å². The van der Waals surface area contributed by atoms with Crippen molar-refractivity contribution in [2.75, 3.05) is 11.9 Å². The number of amides is 2. The van der Waals surface area contributed by atoms with Gasteiger partial charge in [0.2, 0.25) is 5.91 Å². The van der Waals surface area contributed by atoms with Crippen LogP contribution in [-0.2, 0) is 10.2 Å². The van der Waals surface area contributed by atoms with E-state index in [0.29, 0.717) is 23.6 Å². The van der Waals surface area contributed by atoms with Crippen molar-refractivity contribution in [3.05, 3.63) is 59.7 Å². The third kappa shape index (κ3) is 5.84. The number of rotatable bonds is 7. The van der Waals surface area contributed by atoms with Crippen LogP contribution >= 0.6 is 0 Å². The van der Waals surface area contributed by atoms with Gasteiger partial charge in [-0.3, -0.25) is 9.59 Å². The normalized spacial score (nSPS) is 12.2. The monoisotopic (exact) mass is 382 g/mol. The van der Waals surface area contributed by atoms with Crippen molar-refractivity contribution in [2.24, 2.45) is 0 Å². The molecule has 0 aliphatic carbocycles. The molecule has 0 aromatic heterocycles. The van der Waals surface area contributed by atoms with Gasteiger partial charge >= 0.3 is 0 Å². The molecule has 0 fully saturated rings. The maximum absolute atomic E-state index is 12.5. The van der Waals surface area contributed by atoms with Gasteiger partial charge in [0.15, 0.2) is 0 Å². The quantitative estimate of drug-likeness (QED) is 0.739. The fourth-order valence-corrected chi connectivity index (χ4v) is 2.62. The van der Waals surface area contributed by atoms with Crippen molar-refractivity contribution in [2.45, 2.75) is 52.5 Å². The van der Waals surface area contributed by atoms with Gasteiger partial charge < -0.3 is 15.4 Å². The Labute approximate surface area is 167 Å². The van der Waals surface area contributed by atoms with Gasteiger partial charge in [0.25, 0.3) is 5.91 Å². The van der Waals surface area contributed by atoms with Gasteiger partial charge in [-0.1, -0.05) is 52.0 Å². The maximum Gasteiger partial charge on any atom is 0.251 e. The molecular formula is C23H30N2O3. The molecule has 0 saturated carbocycles. The summed E-state index contributed by atoms with van der Waals surface area (Å²) in [7, 11) is 0. The molecule has 2 rings (SSSR count). The average molecular weight is 383 g/mol. The molecule has 0 spiro atoms. The molecule has 150 valence electrons. The number of anilines is 1. The molecule has 2 N–H and O–H groups in total. The summed E-state index contributed by atoms with van der Waals surface area (Å²) < 4.78 is 5.65. The first kappa shape index (κ1) is 21.5. The van der Waals surface area contributed by atoms with E-state index in [0.717, 1.165) is 12.0 Å². The lowest BCUT2D eigenvalue weighted by molar-refractivity contribution is -0.117. The second-order valence-electron chi connectivity index (χ2n) is 7.86. The number of hydrogen-bond acceptors (Lipinski definition) is 3. The summed E-state index contributed by atoms with van der Waals surface area (Å²) in [4.78, 5) is 25.0. The number of carbonyl (C=O) groups is 2. The summed E-state index contributed by atoms with van der Waals surface area (Å²) in [5.74, 6) is 0.0415. The van der Waals surface area contributed by atoms with E-state index in [-0.39, 0.29) is 17.2 Å². The van der Waals surface area contributed by atoms with E-state index in [4.69, 9.17) is 4.74 Å². The predicted octanol–water partition coefficient (Wildman–Crippen LogP) is 4.53. The summed E-state index contributed by atoms with van der Waals surface area (Å²) in [6.07, 6.45) is 0.878. The summed E-state index contributed by atoms with van der Waals surface area (Å²) in [5.41, 5.74) is 2.30. The zero-order valence-electron chi connectivity index (χ0n) is 17.3. The first-order valence-electron chi connectivity index (χ1n) is 9.66. The van der Waals surface area contributed by atoms with Crippen LogP contribution in [0.15, 0.2) is 48.5 Å². The Bertz CT molecular complexity index is 807. The topological polar surface area (TPSA) is 67.4 Å². The number of para-hydroxylation sites is 2. The lowest BCUT2D eigenvalue weighted by atomic mass is 9.86. The number of nitrogens with one attached hydrogen (secondary N) is 2. The second-order valence-corrected chi connectivity index (χ2v) is 7.86. The van der Waals surface area contributed by atoms with Crippen molar-refractivity contribution in [3.8, 4) is 5.75 Å². The Morgan fingerprint density at radius 1 is 1.04 bits per heavy atom. The standard InChI is InChI=1S/C23H30N2O3/c1-6-15-28-20-10-8-7-9-19(20)25-21(26)16(2)24-22(27)17-11-13-18(14-12-17)23(3,4)5/h7-14,16H,6,15H2,1-5H3,(H,24,27)(H,25,26). The lowest BCUT2D eigenvalue weighted by Gasteiger charge is -2.19. The van der Waals surface area contributed by atoms with Crippen LogP contribution in [0.3, 0.4) is 0 Å². The molecule has 1 unspecified atom stereocenters. The molecule has 2 aromatic rings. The summed E-state index contributed by atoms with van der Waals surface area (Å²) in [6, 6.07) is 14.1. The largest absolute Gasteiger partial charge is 0.491 e. The minimum Gasteiger partial charge on any atom is -0.491 e. The van der Waals surface area contributed by atoms with E-state index in [2.05, 4.69) is 31.4 Å². The van der Waals surface area contributed by atoms with Crippen LogP contribution in [0.2, 0.25) is 0 Å². The van der Waals surface area contributed by atoms with Crippen molar-refractivity contribution in [1.82, 2.24) is 5.32 Å². The maximum atomic E-state index is 12.5. The van der Waals surface area contributed by atoms with Gasteiger partial charge in [0.05, 0.1) is 12.3 Å². The molecule has 0 radical (unpaired) electrons. The Hall–Kier alpha value is -2.82. The first-order chi connectivity index (χ1) is 13.2. The van der Waals surface area contributed by atoms with Crippen LogP contribution in [-0.4, -0.2) is 24.5 Å². The second kappa shape index (κ2) is 9.40. The highest BCUT2D eigenvalue weighted by atomic mass is 16.5. The highest BCUT2D eigenvalue weighted by Crippen LogP contribution is 2.24. The van der Waals surface area contributed by atoms with Crippen LogP contribution < -0.4 is 15.4 Å². The van der Waals surface area contributed by atoms with Crippen LogP contribution in [0.5, 0.6) is 5.75 Å². The van der Waals surface area contributed by atoms with E-state index in [9.17, 15) is 9.59 Å². The molecule has 1 atom stereocenters. The summed E-state index contributed by atoms with van der Waals surface area (Å²) >= 11 is 0. The molecular weight excluding hydrogens is 352 g/mol. The van der Waals surface area contributed by atoms with E-state index in [1.807, 2.05) is 37.3 Å². The number of hydrogen-bond donors (Lipinski definition) is 2. The Balaban J connectivity index is 1.99. The van der Waals surface area contributed by atoms with Gasteiger partial charge in [-0.05, 0) is 48.6 Å². The Morgan fingerprint density at radius 3 is 2.29 bits per heavy atom. The number of benzene rings is 2. The van der Waals surface area contributed by atoms with Crippen molar-refractivity contribution < 1.29 is 14.3 Å². The zero-order chi connectivity index (χ0) is 20.7. The molecule has 0 bridgehead atoms. The Morgan fingerprint density at radius 2 is 1.68 bits per heavy atom. The SMILES string of the molecule is CCCOc1ccccc1NC(=O)C(C)NC(=O)c1ccc(C(C)(C)C)cc1. The smallest absolute Gasteiger partial charge is 0.251 e. The van der Waals surface area contributed by atoms with Gasteiger partial charge in [-0.25, -0.2) is 0 Å². The van der Waals surface area contributed by atoms with Gasteiger partial charge in [0, 0.05) is 5.56 Å². The third-order valence-electron chi connectivity index (χ3n) is 4.36. The highest BCUT2D eigenvalue weighted by Gasteiger charge is 2.19. The minimum absolute atomic E-state index is 0.0232. The van der Waals surface area contributed by atoms with Crippen LogP contribution in [0.4, 0.5) is 5.69 Å². The van der Waals surface area contributed by atoms with Crippen molar-refractivity contribution in [3.63, 3.8) is 0 Å². The summed E-state index contributed by atoms with van der Waals surface area (Å²) in [5, 5.41) is 5.57. The molecule has 0 saturated heterocycles. The molecule has 28 heavy (non-hydrogen) atoms. The fourth-order valence-electron chi connectivity index (χ4n) is 2.62. The minimum atomic E-state index is -0.686. The molecule has 5 heteroatoms. The molecule has 0 heterocycles. The highest BCUT2D eigenvalue weighted by molar-refractivity contribution is 6.01. The number of ether oxygens (including phenoxy) is 1. The third-order valence-corrected chi connectivity index (χ3v) is 4.36. The van der Waals surface area contributed by atoms with E-state index in [1.165, 1.54) is 0 Å². The number of carbonyl (C=O) groups excluding carboxylic acids is 2. The van der Waals surface area contributed by atoms with Crippen molar-refractivity contribution >= 4 is 17.5 Å². The fraction of sp³-hybridized carbons (Fsp3) is 0.391. The molecule has 0 aliphatic heterocycles. The average Bonchev–Trinajstić information content (AvgIpc) is 2.66. The van der Waals surface area contributed by atoms with Gasteiger partial charge in [0.1, 0.15) is 11.8 Å². The van der Waals surface area contributed by atoms with E-state index < -0.39 is 6.04 Å². The van der Waals surface area contributed by atoms with Crippen LogP contribution in [0.25, 0.3) is 0 Å². The van der Waals surface area contributed by atoms with E-state index in [1.54, 1.807) is 25.1 Å². The Kier molecular flexibility index (Phi) is 7.21. The molecule has 5 nitrogen and oxygen atoms in total. The van der Waals surface area contributed by atoms with Gasteiger partial charge in [-0.2, -0.15) is 0 Å². The zero-order valence-corrected chi connectivity index (χ0v) is 17.3. The molecule has 2 aromatic carbocycles. The van der Waals surface area contributed by atoms with E-state index >= 15 is 0 Å². The lowest BCUT2D eigenvalue weighted by Crippen LogP contribution is -2.41. The van der Waals surface area contributed by atoms with Gasteiger partial charge in [-0.15, -0.1) is 0 Å². The van der Waals surface area contributed by atoms with Crippen LogP contribution in [0.1, 0.15) is 57.0 Å². The predicted molar refractivity (Wildman–Crippen MR) is 113 cm³/mol.